The van der Waals surface area contributed by atoms with E-state index in [2.05, 4.69) is 0 Å². The van der Waals surface area contributed by atoms with Crippen molar-refractivity contribution < 1.29 is 14.6 Å². The molecule has 1 aromatic rings. The number of benzene rings is 1. The third kappa shape index (κ3) is 3.31. The molecule has 0 amide bonds. The fourth-order valence-corrected chi connectivity index (χ4v) is 2.34. The van der Waals surface area contributed by atoms with E-state index in [0.29, 0.717) is 18.8 Å². The molecule has 0 aromatic heterocycles. The molecular formula is C14H19NO3. The summed E-state index contributed by atoms with van der Waals surface area (Å²) in [4.78, 5) is 10.7. The Hall–Kier alpha value is -1.39. The highest BCUT2D eigenvalue weighted by atomic mass is 16.5. The molecule has 0 aliphatic heterocycles. The molecule has 1 aromatic carbocycles. The zero-order valence-corrected chi connectivity index (χ0v) is 10.4. The van der Waals surface area contributed by atoms with E-state index in [9.17, 15) is 4.79 Å². The summed E-state index contributed by atoms with van der Waals surface area (Å²) in [6.45, 7) is 1.06. The zero-order chi connectivity index (χ0) is 13.0. The minimum atomic E-state index is -0.908. The molecular weight excluding hydrogens is 230 g/mol. The molecule has 0 unspecified atom stereocenters. The summed E-state index contributed by atoms with van der Waals surface area (Å²) >= 11 is 0. The quantitative estimate of drug-likeness (QED) is 0.838. The molecule has 1 aliphatic rings. The molecule has 0 heterocycles. The van der Waals surface area contributed by atoms with Crippen LogP contribution in [0, 0.1) is 0 Å². The van der Waals surface area contributed by atoms with Gasteiger partial charge in [-0.3, -0.25) is 0 Å². The lowest BCUT2D eigenvalue weighted by atomic mass is 10.0. The van der Waals surface area contributed by atoms with Crippen LogP contribution in [0.5, 0.6) is 0 Å². The van der Waals surface area contributed by atoms with Crippen LogP contribution in [0.3, 0.4) is 0 Å². The van der Waals surface area contributed by atoms with Gasteiger partial charge >= 0.3 is 5.97 Å². The molecule has 98 valence electrons. The Balaban J connectivity index is 1.81. The molecule has 1 aliphatic carbocycles. The van der Waals surface area contributed by atoms with Crippen molar-refractivity contribution in [2.45, 2.75) is 37.8 Å². The highest BCUT2D eigenvalue weighted by molar-refractivity contribution is 5.87. The lowest BCUT2D eigenvalue weighted by Crippen LogP contribution is -2.41. The van der Waals surface area contributed by atoms with Crippen molar-refractivity contribution in [1.82, 2.24) is 0 Å². The highest BCUT2D eigenvalue weighted by Crippen LogP contribution is 2.27. The molecule has 0 bridgehead atoms. The fourth-order valence-electron chi connectivity index (χ4n) is 2.34. The first-order chi connectivity index (χ1) is 8.59. The Morgan fingerprint density at radius 2 is 1.89 bits per heavy atom. The Labute approximate surface area is 107 Å². The minimum Gasteiger partial charge on any atom is -0.478 e. The monoisotopic (exact) mass is 249 g/mol. The van der Waals surface area contributed by atoms with Crippen molar-refractivity contribution in [2.75, 3.05) is 6.61 Å². The predicted molar refractivity (Wildman–Crippen MR) is 68.4 cm³/mol. The second-order valence-corrected chi connectivity index (χ2v) is 5.06. The smallest absolute Gasteiger partial charge is 0.335 e. The molecule has 0 saturated heterocycles. The van der Waals surface area contributed by atoms with Gasteiger partial charge in [0.15, 0.2) is 0 Å². The lowest BCUT2D eigenvalue weighted by Gasteiger charge is -2.23. The van der Waals surface area contributed by atoms with Gasteiger partial charge in [0.2, 0.25) is 0 Å². The van der Waals surface area contributed by atoms with E-state index in [4.69, 9.17) is 15.6 Å². The van der Waals surface area contributed by atoms with E-state index in [1.54, 1.807) is 24.3 Å². The molecule has 0 atom stereocenters. The van der Waals surface area contributed by atoms with Gasteiger partial charge in [0.1, 0.15) is 0 Å². The van der Waals surface area contributed by atoms with Crippen molar-refractivity contribution in [3.05, 3.63) is 35.4 Å². The number of carbonyl (C=O) groups is 1. The number of rotatable bonds is 5. The van der Waals surface area contributed by atoms with Gasteiger partial charge in [-0.1, -0.05) is 25.0 Å². The summed E-state index contributed by atoms with van der Waals surface area (Å²) in [6, 6.07) is 6.74. The van der Waals surface area contributed by atoms with E-state index >= 15 is 0 Å². The number of ether oxygens (including phenoxy) is 1. The average molecular weight is 249 g/mol. The van der Waals surface area contributed by atoms with Crippen molar-refractivity contribution in [2.24, 2.45) is 5.73 Å². The van der Waals surface area contributed by atoms with Crippen LogP contribution < -0.4 is 5.73 Å². The molecule has 18 heavy (non-hydrogen) atoms. The minimum absolute atomic E-state index is 0.152. The average Bonchev–Trinajstić information content (AvgIpc) is 2.77. The van der Waals surface area contributed by atoms with E-state index in [0.717, 1.165) is 18.4 Å². The van der Waals surface area contributed by atoms with Crippen LogP contribution >= 0.6 is 0 Å². The topological polar surface area (TPSA) is 72.5 Å². The Morgan fingerprint density at radius 1 is 1.28 bits per heavy atom. The first kappa shape index (κ1) is 13.1. The van der Waals surface area contributed by atoms with Crippen molar-refractivity contribution in [3.63, 3.8) is 0 Å². The number of aromatic carboxylic acids is 1. The second-order valence-electron chi connectivity index (χ2n) is 5.06. The van der Waals surface area contributed by atoms with Crippen LogP contribution in [-0.2, 0) is 11.3 Å². The summed E-state index contributed by atoms with van der Waals surface area (Å²) in [5.41, 5.74) is 7.30. The van der Waals surface area contributed by atoms with Crippen LogP contribution in [-0.4, -0.2) is 23.2 Å². The number of hydrogen-bond acceptors (Lipinski definition) is 3. The standard InChI is InChI=1S/C14H19NO3/c15-14(7-1-2-8-14)10-18-9-11-3-5-12(6-4-11)13(16)17/h3-6H,1-2,7-10,15H2,(H,16,17). The van der Waals surface area contributed by atoms with Crippen LogP contribution in [0.4, 0.5) is 0 Å². The van der Waals surface area contributed by atoms with Crippen LogP contribution in [0.15, 0.2) is 24.3 Å². The Bertz CT molecular complexity index is 408. The predicted octanol–water partition coefficient (Wildman–Crippen LogP) is 2.17. The van der Waals surface area contributed by atoms with Crippen LogP contribution in [0.1, 0.15) is 41.6 Å². The van der Waals surface area contributed by atoms with Crippen molar-refractivity contribution in [3.8, 4) is 0 Å². The number of carboxylic acids is 1. The van der Waals surface area contributed by atoms with Gasteiger partial charge < -0.3 is 15.6 Å². The van der Waals surface area contributed by atoms with Crippen molar-refractivity contribution in [1.29, 1.82) is 0 Å². The first-order valence-corrected chi connectivity index (χ1v) is 6.28. The van der Waals surface area contributed by atoms with E-state index < -0.39 is 5.97 Å². The van der Waals surface area contributed by atoms with Gasteiger partial charge in [-0.05, 0) is 30.5 Å². The SMILES string of the molecule is NC1(COCc2ccc(C(=O)O)cc2)CCCC1. The number of hydrogen-bond donors (Lipinski definition) is 2. The zero-order valence-electron chi connectivity index (χ0n) is 10.4. The first-order valence-electron chi connectivity index (χ1n) is 6.28. The van der Waals surface area contributed by atoms with E-state index in [1.165, 1.54) is 12.8 Å². The Kier molecular flexibility index (Phi) is 3.99. The van der Waals surface area contributed by atoms with E-state index in [1.807, 2.05) is 0 Å². The molecule has 0 radical (unpaired) electrons. The van der Waals surface area contributed by atoms with Gasteiger partial charge in [0.25, 0.3) is 0 Å². The highest BCUT2D eigenvalue weighted by Gasteiger charge is 2.29. The molecule has 4 heteroatoms. The summed E-state index contributed by atoms with van der Waals surface area (Å²) < 4.78 is 5.63. The molecule has 1 saturated carbocycles. The van der Waals surface area contributed by atoms with E-state index in [-0.39, 0.29) is 5.54 Å². The van der Waals surface area contributed by atoms with Crippen LogP contribution in [0.25, 0.3) is 0 Å². The van der Waals surface area contributed by atoms with Crippen LogP contribution in [0.2, 0.25) is 0 Å². The Morgan fingerprint density at radius 3 is 2.44 bits per heavy atom. The summed E-state index contributed by atoms with van der Waals surface area (Å²) in [5.74, 6) is -0.908. The molecule has 2 rings (SSSR count). The number of nitrogens with two attached hydrogens (primary N) is 1. The summed E-state index contributed by atoms with van der Waals surface area (Å²) in [6.07, 6.45) is 4.44. The van der Waals surface area contributed by atoms with Gasteiger partial charge in [-0.25, -0.2) is 4.79 Å². The van der Waals surface area contributed by atoms with Crippen molar-refractivity contribution >= 4 is 5.97 Å². The van der Waals surface area contributed by atoms with Gasteiger partial charge in [0.05, 0.1) is 18.8 Å². The third-order valence-corrected chi connectivity index (χ3v) is 3.46. The molecule has 0 spiro atoms. The maximum atomic E-state index is 10.7. The second kappa shape index (κ2) is 5.50. The normalized spacial score (nSPS) is 17.8. The van der Waals surface area contributed by atoms with Gasteiger partial charge in [0, 0.05) is 5.54 Å². The third-order valence-electron chi connectivity index (χ3n) is 3.46. The molecule has 4 nitrogen and oxygen atoms in total. The summed E-state index contributed by atoms with van der Waals surface area (Å²) in [7, 11) is 0. The molecule has 3 N–H and O–H groups in total. The maximum absolute atomic E-state index is 10.7. The lowest BCUT2D eigenvalue weighted by molar-refractivity contribution is 0.0695. The largest absolute Gasteiger partial charge is 0.478 e. The number of carboxylic acid groups (broad SMARTS) is 1. The van der Waals surface area contributed by atoms with Gasteiger partial charge in [-0.15, -0.1) is 0 Å². The fraction of sp³-hybridized carbons (Fsp3) is 0.500. The summed E-state index contributed by atoms with van der Waals surface area (Å²) in [5, 5.41) is 8.78. The van der Waals surface area contributed by atoms with Gasteiger partial charge in [-0.2, -0.15) is 0 Å². The molecule has 1 fully saturated rings. The maximum Gasteiger partial charge on any atom is 0.335 e.